The second kappa shape index (κ2) is 11.3. The minimum Gasteiger partial charge on any atom is -0.135 e. The Bertz CT molecular complexity index is 2870. The molecule has 0 saturated carbocycles. The first-order chi connectivity index (χ1) is 24.3. The number of rotatable bonds is 4. The first-order valence-corrected chi connectivity index (χ1v) is 17.7. The average Bonchev–Trinajstić information content (AvgIpc) is 3.57. The van der Waals surface area contributed by atoms with Gasteiger partial charge in [-0.25, -0.2) is 0 Å². The second-order valence-electron chi connectivity index (χ2n) is 12.8. The van der Waals surface area contributed by atoms with Crippen LogP contribution in [0.4, 0.5) is 0 Å². The topological polar surface area (TPSA) is 0 Å². The van der Waals surface area contributed by atoms with Gasteiger partial charge in [-0.2, -0.15) is 0 Å². The van der Waals surface area contributed by atoms with Crippen molar-refractivity contribution < 1.29 is 0 Å². The monoisotopic (exact) mass is 638 g/mol. The van der Waals surface area contributed by atoms with Crippen molar-refractivity contribution >= 4 is 63.8 Å². The number of fused-ring (bicyclic) bond motifs is 9. The molecule has 228 valence electrons. The maximum absolute atomic E-state index is 2.41. The Labute approximate surface area is 289 Å². The van der Waals surface area contributed by atoms with Crippen LogP contribution in [-0.4, -0.2) is 0 Å². The molecular formula is C48H30S. The fourth-order valence-electron chi connectivity index (χ4n) is 7.81. The van der Waals surface area contributed by atoms with E-state index in [9.17, 15) is 0 Å². The summed E-state index contributed by atoms with van der Waals surface area (Å²) in [5, 5.41) is 10.4. The SMILES string of the molecule is c1ccc(-c2cc(-c3cccc(-c4cccc(-c5cccc6sc7ccccc7c56)c4)c3)cc3c4ccccc4c4ccccc4c23)cc1. The lowest BCUT2D eigenvalue weighted by Gasteiger charge is -2.17. The van der Waals surface area contributed by atoms with Crippen molar-refractivity contribution in [1.29, 1.82) is 0 Å². The lowest BCUT2D eigenvalue weighted by Crippen LogP contribution is -1.90. The summed E-state index contributed by atoms with van der Waals surface area (Å²) < 4.78 is 2.66. The van der Waals surface area contributed by atoms with E-state index in [0.717, 1.165) is 0 Å². The number of thiophene rings is 1. The van der Waals surface area contributed by atoms with Gasteiger partial charge in [-0.05, 0) is 113 Å². The number of hydrogen-bond acceptors (Lipinski definition) is 1. The van der Waals surface area contributed by atoms with Gasteiger partial charge < -0.3 is 0 Å². The minimum absolute atomic E-state index is 1.21. The van der Waals surface area contributed by atoms with Crippen LogP contribution in [0.3, 0.4) is 0 Å². The van der Waals surface area contributed by atoms with Crippen LogP contribution in [0.1, 0.15) is 0 Å². The van der Waals surface area contributed by atoms with Gasteiger partial charge in [0.25, 0.3) is 0 Å². The first kappa shape index (κ1) is 28.0. The zero-order valence-corrected chi connectivity index (χ0v) is 27.5. The fourth-order valence-corrected chi connectivity index (χ4v) is 8.94. The van der Waals surface area contributed by atoms with Gasteiger partial charge in [0.1, 0.15) is 0 Å². The molecule has 49 heavy (non-hydrogen) atoms. The highest BCUT2D eigenvalue weighted by molar-refractivity contribution is 7.25. The molecule has 0 amide bonds. The molecule has 1 heterocycles. The van der Waals surface area contributed by atoms with Crippen LogP contribution in [0, 0.1) is 0 Å². The van der Waals surface area contributed by atoms with E-state index >= 15 is 0 Å². The van der Waals surface area contributed by atoms with E-state index in [1.54, 1.807) is 0 Å². The van der Waals surface area contributed by atoms with Crippen LogP contribution in [0.2, 0.25) is 0 Å². The summed E-state index contributed by atoms with van der Waals surface area (Å²) in [6.07, 6.45) is 0. The summed E-state index contributed by atoms with van der Waals surface area (Å²) in [5.41, 5.74) is 9.89. The molecule has 0 aliphatic heterocycles. The molecule has 0 fully saturated rings. The standard InChI is InChI=1S/C48H30S/c1-2-13-31(14-3-1)43-29-36(30-44-40-21-5-4-19-38(40)39-20-6-7-22-41(39)47(43)44)34-17-10-15-32(27-34)33-16-11-18-35(28-33)37-24-12-26-46-48(37)42-23-8-9-25-45(42)49-46/h1-30H. The van der Waals surface area contributed by atoms with E-state index in [0.29, 0.717) is 0 Å². The molecule has 0 unspecified atom stereocenters. The van der Waals surface area contributed by atoms with E-state index in [1.807, 2.05) is 11.3 Å². The molecule has 1 aromatic heterocycles. The highest BCUT2D eigenvalue weighted by Gasteiger charge is 2.16. The van der Waals surface area contributed by atoms with Gasteiger partial charge in [0.2, 0.25) is 0 Å². The molecule has 0 bridgehead atoms. The molecule has 10 aromatic rings. The lowest BCUT2D eigenvalue weighted by molar-refractivity contribution is 1.59. The molecule has 0 spiro atoms. The molecule has 0 radical (unpaired) electrons. The van der Waals surface area contributed by atoms with E-state index < -0.39 is 0 Å². The fraction of sp³-hybridized carbons (Fsp3) is 0. The molecular weight excluding hydrogens is 609 g/mol. The Morgan fingerprint density at radius 3 is 1.51 bits per heavy atom. The van der Waals surface area contributed by atoms with Gasteiger partial charge in [0.05, 0.1) is 0 Å². The third-order valence-electron chi connectivity index (χ3n) is 10.0. The molecule has 1 heteroatoms. The highest BCUT2D eigenvalue weighted by atomic mass is 32.1. The zero-order valence-electron chi connectivity index (χ0n) is 26.7. The second-order valence-corrected chi connectivity index (χ2v) is 13.9. The number of hydrogen-bond donors (Lipinski definition) is 0. The van der Waals surface area contributed by atoms with Gasteiger partial charge in [0, 0.05) is 20.2 Å². The largest absolute Gasteiger partial charge is 0.135 e. The maximum Gasteiger partial charge on any atom is 0.0361 e. The third-order valence-corrected chi connectivity index (χ3v) is 11.2. The van der Waals surface area contributed by atoms with E-state index in [1.165, 1.54) is 97.0 Å². The van der Waals surface area contributed by atoms with Crippen LogP contribution < -0.4 is 0 Å². The van der Waals surface area contributed by atoms with Crippen LogP contribution >= 0.6 is 11.3 Å². The Balaban J connectivity index is 1.17. The molecule has 0 aliphatic carbocycles. The van der Waals surface area contributed by atoms with Crippen molar-refractivity contribution in [2.45, 2.75) is 0 Å². The molecule has 9 aromatic carbocycles. The molecule has 0 nitrogen and oxygen atoms in total. The summed E-state index contributed by atoms with van der Waals surface area (Å²) in [7, 11) is 0. The predicted octanol–water partition coefficient (Wildman–Crippen LogP) is 14.2. The molecule has 0 aliphatic rings. The Morgan fingerprint density at radius 1 is 0.245 bits per heavy atom. The molecule has 0 N–H and O–H groups in total. The molecule has 0 saturated heterocycles. The third kappa shape index (κ3) is 4.58. The van der Waals surface area contributed by atoms with Crippen molar-refractivity contribution in [2.75, 3.05) is 0 Å². The van der Waals surface area contributed by atoms with Gasteiger partial charge >= 0.3 is 0 Å². The van der Waals surface area contributed by atoms with Crippen LogP contribution in [-0.2, 0) is 0 Å². The molecule has 10 rings (SSSR count). The summed E-state index contributed by atoms with van der Waals surface area (Å²) in [4.78, 5) is 0. The summed E-state index contributed by atoms with van der Waals surface area (Å²) in [5.74, 6) is 0. The van der Waals surface area contributed by atoms with Crippen molar-refractivity contribution in [1.82, 2.24) is 0 Å². The average molecular weight is 639 g/mol. The maximum atomic E-state index is 2.41. The normalized spacial score (nSPS) is 11.7. The Morgan fingerprint density at radius 2 is 0.755 bits per heavy atom. The van der Waals surface area contributed by atoms with Gasteiger partial charge in [-0.3, -0.25) is 0 Å². The van der Waals surface area contributed by atoms with Gasteiger partial charge in [0.15, 0.2) is 0 Å². The minimum atomic E-state index is 1.21. The quantitative estimate of drug-likeness (QED) is 0.168. The van der Waals surface area contributed by atoms with Crippen molar-refractivity contribution in [3.8, 4) is 44.5 Å². The van der Waals surface area contributed by atoms with E-state index in [4.69, 9.17) is 0 Å². The Kier molecular flexibility index (Phi) is 6.47. The smallest absolute Gasteiger partial charge is 0.0361 e. The van der Waals surface area contributed by atoms with Crippen molar-refractivity contribution in [3.05, 3.63) is 182 Å². The van der Waals surface area contributed by atoms with Crippen LogP contribution in [0.25, 0.3) is 97.0 Å². The highest BCUT2D eigenvalue weighted by Crippen LogP contribution is 2.44. The lowest BCUT2D eigenvalue weighted by atomic mass is 9.86. The van der Waals surface area contributed by atoms with Crippen LogP contribution in [0.5, 0.6) is 0 Å². The van der Waals surface area contributed by atoms with Crippen molar-refractivity contribution in [2.24, 2.45) is 0 Å². The number of benzene rings is 9. The summed E-state index contributed by atoms with van der Waals surface area (Å²) in [6.45, 7) is 0. The van der Waals surface area contributed by atoms with Gasteiger partial charge in [-0.1, -0.05) is 146 Å². The first-order valence-electron chi connectivity index (χ1n) is 16.8. The van der Waals surface area contributed by atoms with Crippen molar-refractivity contribution in [3.63, 3.8) is 0 Å². The summed E-state index contributed by atoms with van der Waals surface area (Å²) in [6, 6.07) is 67.0. The Hall–Kier alpha value is -6.02. The van der Waals surface area contributed by atoms with Crippen LogP contribution in [0.15, 0.2) is 182 Å². The molecule has 0 atom stereocenters. The van der Waals surface area contributed by atoms with E-state index in [2.05, 4.69) is 182 Å². The predicted molar refractivity (Wildman–Crippen MR) is 214 cm³/mol. The summed E-state index contributed by atoms with van der Waals surface area (Å²) >= 11 is 1.87. The zero-order chi connectivity index (χ0) is 32.3. The van der Waals surface area contributed by atoms with Gasteiger partial charge in [-0.15, -0.1) is 11.3 Å². The van der Waals surface area contributed by atoms with E-state index in [-0.39, 0.29) is 0 Å².